The smallest absolute Gasteiger partial charge is 0.308 e. The minimum atomic E-state index is -1.17. The average molecular weight is 766 g/mol. The molecule has 0 aliphatic carbocycles. The fraction of sp³-hybridized carbons (Fsp3) is 0.179. The van der Waals surface area contributed by atoms with Crippen LogP contribution in [0.25, 0.3) is 21.8 Å². The summed E-state index contributed by atoms with van der Waals surface area (Å²) in [4.78, 5) is 48.8. The van der Waals surface area contributed by atoms with Crippen LogP contribution in [0.3, 0.4) is 0 Å². The van der Waals surface area contributed by atoms with Gasteiger partial charge in [0.2, 0.25) is 0 Å². The van der Waals surface area contributed by atoms with Gasteiger partial charge in [-0.2, -0.15) is 0 Å². The van der Waals surface area contributed by atoms with Gasteiger partial charge in [0.05, 0.1) is 28.5 Å². The third-order valence-electron chi connectivity index (χ3n) is 8.54. The number of phenols is 2. The van der Waals surface area contributed by atoms with Gasteiger partial charge in [-0.3, -0.25) is 28.3 Å². The van der Waals surface area contributed by atoms with E-state index in [1.807, 2.05) is 0 Å². The molecule has 6 aromatic rings. The third-order valence-corrected chi connectivity index (χ3v) is 9.01. The summed E-state index contributed by atoms with van der Waals surface area (Å²) < 4.78 is 37.2. The first kappa shape index (κ1) is 38.5. The molecule has 0 amide bonds. The van der Waals surface area contributed by atoms with Crippen molar-refractivity contribution in [2.24, 2.45) is 0 Å². The van der Waals surface area contributed by atoms with E-state index in [0.717, 1.165) is 6.07 Å². The van der Waals surface area contributed by atoms with Crippen LogP contribution >= 0.6 is 23.2 Å². The van der Waals surface area contributed by atoms with Gasteiger partial charge in [-0.25, -0.2) is 8.78 Å². The van der Waals surface area contributed by atoms with Gasteiger partial charge in [0.15, 0.2) is 28.9 Å². The highest BCUT2D eigenvalue weighted by molar-refractivity contribution is 6.31. The van der Waals surface area contributed by atoms with E-state index in [0.29, 0.717) is 26.9 Å². The highest BCUT2D eigenvalue weighted by Crippen LogP contribution is 2.42. The number of carboxylic acids is 1. The van der Waals surface area contributed by atoms with Crippen molar-refractivity contribution >= 4 is 68.8 Å². The van der Waals surface area contributed by atoms with Gasteiger partial charge in [-0.05, 0) is 79.9 Å². The molecular weight excluding hydrogens is 733 g/mol. The molecule has 274 valence electrons. The van der Waals surface area contributed by atoms with Crippen LogP contribution in [-0.4, -0.2) is 48.2 Å². The van der Waals surface area contributed by atoms with E-state index < -0.39 is 53.3 Å². The molecule has 0 fully saturated rings. The summed E-state index contributed by atoms with van der Waals surface area (Å²) in [6.07, 6.45) is -0.474. The minimum Gasteiger partial charge on any atom is -0.505 e. The Bertz CT molecular complexity index is 2490. The lowest BCUT2D eigenvalue weighted by atomic mass is 10.00. The SMILES string of the molecule is CC(=O)Oc1c(C)n(C(=O)c2cccc(Cl)c2)c2cc(C(C)C)c(O)c(F)c12.Cc1c(CC(=O)O)c2c(F)c(O)ccc2n1C(=O)c1cccc(Cl)c1. The quantitative estimate of drug-likeness (QED) is 0.142. The second-order valence-electron chi connectivity index (χ2n) is 12.4. The summed E-state index contributed by atoms with van der Waals surface area (Å²) in [5.74, 6) is -6.05. The Morgan fingerprint density at radius 1 is 0.774 bits per heavy atom. The van der Waals surface area contributed by atoms with E-state index >= 15 is 4.39 Å². The average Bonchev–Trinajstić information content (AvgIpc) is 3.52. The second-order valence-corrected chi connectivity index (χ2v) is 13.3. The van der Waals surface area contributed by atoms with Crippen molar-refractivity contribution in [3.63, 3.8) is 0 Å². The van der Waals surface area contributed by atoms with Crippen molar-refractivity contribution in [2.45, 2.75) is 47.0 Å². The number of hydrogen-bond acceptors (Lipinski definition) is 7. The molecule has 10 nitrogen and oxygen atoms in total. The third kappa shape index (κ3) is 7.33. The van der Waals surface area contributed by atoms with Crippen LogP contribution in [-0.2, 0) is 16.0 Å². The molecule has 0 bridgehead atoms. The first-order chi connectivity index (χ1) is 24.9. The number of benzene rings is 4. The van der Waals surface area contributed by atoms with Crippen LogP contribution in [0.4, 0.5) is 8.78 Å². The number of aromatic nitrogens is 2. The number of fused-ring (bicyclic) bond motifs is 2. The van der Waals surface area contributed by atoms with Gasteiger partial charge in [0, 0.05) is 44.7 Å². The number of esters is 1. The standard InChI is InChI=1S/C21H19ClFNO4.C18H13ClFNO4/c1-10(2)15-9-16-17(18(23)19(15)26)20(28-12(4)25)11(3)24(16)21(27)13-6-5-7-14(22)8-13;1-9-12(8-15(23)24)16-13(5-6-14(22)17(16)20)21(9)18(25)10-3-2-4-11(19)7-10/h5-10,26H,1-4H3;2-7,22H,8H2,1H3,(H,23,24). The Morgan fingerprint density at radius 2 is 1.32 bits per heavy atom. The summed E-state index contributed by atoms with van der Waals surface area (Å²) in [5, 5.41) is 29.6. The second kappa shape index (κ2) is 15.1. The fourth-order valence-electron chi connectivity index (χ4n) is 6.13. The molecule has 0 aliphatic heterocycles. The first-order valence-corrected chi connectivity index (χ1v) is 16.8. The molecule has 53 heavy (non-hydrogen) atoms. The van der Waals surface area contributed by atoms with Crippen molar-refractivity contribution in [1.29, 1.82) is 0 Å². The number of carbonyl (C=O) groups is 4. The number of rotatable bonds is 6. The van der Waals surface area contributed by atoms with Gasteiger partial charge in [-0.15, -0.1) is 0 Å². The minimum absolute atomic E-state index is 0.0738. The van der Waals surface area contributed by atoms with Gasteiger partial charge in [0.25, 0.3) is 11.8 Å². The highest BCUT2D eigenvalue weighted by Gasteiger charge is 2.29. The molecule has 0 atom stereocenters. The number of nitrogens with zero attached hydrogens (tertiary/aromatic N) is 2. The van der Waals surface area contributed by atoms with E-state index in [4.69, 9.17) is 33.0 Å². The fourth-order valence-corrected chi connectivity index (χ4v) is 6.51. The summed E-state index contributed by atoms with van der Waals surface area (Å²) in [6, 6.07) is 16.7. The summed E-state index contributed by atoms with van der Waals surface area (Å²) in [7, 11) is 0. The number of ether oxygens (including phenoxy) is 1. The Hall–Kier alpha value is -5.72. The van der Waals surface area contributed by atoms with Gasteiger partial charge < -0.3 is 20.1 Å². The van der Waals surface area contributed by atoms with Crippen LogP contribution in [0.15, 0.2) is 66.7 Å². The van der Waals surface area contributed by atoms with Gasteiger partial charge in [0.1, 0.15) is 0 Å². The maximum atomic E-state index is 15.1. The lowest BCUT2D eigenvalue weighted by Crippen LogP contribution is -2.14. The number of halogens is 4. The number of carbonyl (C=O) groups excluding carboxylic acids is 3. The molecule has 0 unspecified atom stereocenters. The lowest BCUT2D eigenvalue weighted by Gasteiger charge is -2.12. The normalized spacial score (nSPS) is 11.1. The van der Waals surface area contributed by atoms with E-state index in [1.54, 1.807) is 63.2 Å². The van der Waals surface area contributed by atoms with E-state index in [1.165, 1.54) is 41.2 Å². The molecule has 0 aliphatic rings. The predicted molar refractivity (Wildman–Crippen MR) is 196 cm³/mol. The predicted octanol–water partition coefficient (Wildman–Crippen LogP) is 8.95. The van der Waals surface area contributed by atoms with E-state index in [-0.39, 0.29) is 50.3 Å². The largest absolute Gasteiger partial charge is 0.505 e. The molecule has 14 heteroatoms. The molecule has 6 rings (SSSR count). The van der Waals surface area contributed by atoms with Crippen molar-refractivity contribution in [1.82, 2.24) is 9.13 Å². The number of carboxylic acid groups (broad SMARTS) is 1. The van der Waals surface area contributed by atoms with E-state index in [9.17, 15) is 33.8 Å². The van der Waals surface area contributed by atoms with Crippen LogP contribution < -0.4 is 4.74 Å². The maximum Gasteiger partial charge on any atom is 0.308 e. The topological polar surface area (TPSA) is 148 Å². The maximum absolute atomic E-state index is 15.1. The molecule has 0 saturated heterocycles. The molecule has 0 saturated carbocycles. The first-order valence-electron chi connectivity index (χ1n) is 16.0. The van der Waals surface area contributed by atoms with Gasteiger partial charge in [-0.1, -0.05) is 49.2 Å². The zero-order valence-corrected chi connectivity index (χ0v) is 30.4. The summed E-state index contributed by atoms with van der Waals surface area (Å²) >= 11 is 11.9. The van der Waals surface area contributed by atoms with Crippen LogP contribution in [0.2, 0.25) is 10.0 Å². The van der Waals surface area contributed by atoms with Crippen molar-refractivity contribution in [3.8, 4) is 17.2 Å². The molecule has 3 N–H and O–H groups in total. The van der Waals surface area contributed by atoms with Crippen LogP contribution in [0.5, 0.6) is 17.2 Å². The number of aromatic hydroxyl groups is 2. The lowest BCUT2D eigenvalue weighted by molar-refractivity contribution is -0.136. The zero-order valence-electron chi connectivity index (χ0n) is 28.9. The monoisotopic (exact) mass is 764 g/mol. The molecular formula is C39H32Cl2F2N2O8. The Morgan fingerprint density at radius 3 is 1.81 bits per heavy atom. The summed E-state index contributed by atoms with van der Waals surface area (Å²) in [6.45, 7) is 7.86. The highest BCUT2D eigenvalue weighted by atomic mass is 35.5. The molecule has 4 aromatic carbocycles. The summed E-state index contributed by atoms with van der Waals surface area (Å²) in [5.41, 5.74) is 2.00. The van der Waals surface area contributed by atoms with Gasteiger partial charge >= 0.3 is 11.9 Å². The Labute approximate surface area is 311 Å². The van der Waals surface area contributed by atoms with Crippen LogP contribution in [0.1, 0.15) is 69.9 Å². The van der Waals surface area contributed by atoms with Crippen molar-refractivity contribution < 1.29 is 48.0 Å². The number of aliphatic carboxylic acids is 1. The molecule has 2 aromatic heterocycles. The zero-order chi connectivity index (χ0) is 39.0. The van der Waals surface area contributed by atoms with Crippen LogP contribution in [0, 0.1) is 25.5 Å². The number of hydrogen-bond donors (Lipinski definition) is 3. The molecule has 0 radical (unpaired) electrons. The molecule has 2 heterocycles. The Kier molecular flexibility index (Phi) is 11.0. The van der Waals surface area contributed by atoms with Crippen molar-refractivity contribution in [2.75, 3.05) is 0 Å². The van der Waals surface area contributed by atoms with E-state index in [2.05, 4.69) is 0 Å². The number of phenolic OH excluding ortho intramolecular Hbond substituents is 2. The van der Waals surface area contributed by atoms with Crippen molar-refractivity contribution in [3.05, 3.63) is 122 Å². The molecule has 0 spiro atoms. The Balaban J connectivity index is 0.000000206.